The van der Waals surface area contributed by atoms with Crippen LogP contribution in [-0.4, -0.2) is 49.3 Å². The lowest BCUT2D eigenvalue weighted by molar-refractivity contribution is -0.137. The molecule has 0 spiro atoms. The van der Waals surface area contributed by atoms with Crippen LogP contribution in [0.1, 0.15) is 42.5 Å². The minimum absolute atomic E-state index is 0.00665. The van der Waals surface area contributed by atoms with Gasteiger partial charge in [0.2, 0.25) is 10.0 Å². The predicted octanol–water partition coefficient (Wildman–Crippen LogP) is 1.46. The molecule has 1 amide bonds. The van der Waals surface area contributed by atoms with Crippen LogP contribution in [0, 0.1) is 0 Å². The fourth-order valence-corrected chi connectivity index (χ4v) is 4.09. The maximum atomic E-state index is 12.5. The van der Waals surface area contributed by atoms with Gasteiger partial charge in [-0.05, 0) is 43.5 Å². The van der Waals surface area contributed by atoms with Crippen LogP contribution < -0.4 is 5.32 Å². The predicted molar refractivity (Wildman–Crippen MR) is 88.3 cm³/mol. The van der Waals surface area contributed by atoms with Gasteiger partial charge in [-0.15, -0.1) is 0 Å². The van der Waals surface area contributed by atoms with Gasteiger partial charge < -0.3 is 10.4 Å². The van der Waals surface area contributed by atoms with Crippen LogP contribution in [0.25, 0.3) is 0 Å². The van der Waals surface area contributed by atoms with Crippen molar-refractivity contribution in [1.29, 1.82) is 0 Å². The molecule has 1 aliphatic heterocycles. The van der Waals surface area contributed by atoms with Gasteiger partial charge in [0.05, 0.1) is 4.90 Å². The van der Waals surface area contributed by atoms with Crippen molar-refractivity contribution in [3.05, 3.63) is 29.8 Å². The quantitative estimate of drug-likeness (QED) is 0.722. The van der Waals surface area contributed by atoms with Crippen LogP contribution in [0.15, 0.2) is 29.2 Å². The van der Waals surface area contributed by atoms with Crippen molar-refractivity contribution in [2.75, 3.05) is 19.6 Å². The Labute approximate surface area is 141 Å². The number of rotatable bonds is 7. The number of carboxylic acid groups (broad SMARTS) is 1. The highest BCUT2D eigenvalue weighted by Gasteiger charge is 2.25. The average molecular weight is 354 g/mol. The normalized spacial score (nSPS) is 15.8. The summed E-state index contributed by atoms with van der Waals surface area (Å²) < 4.78 is 26.5. The Kier molecular flexibility index (Phi) is 6.33. The molecule has 1 aliphatic rings. The molecular weight excluding hydrogens is 332 g/mol. The molecule has 1 saturated heterocycles. The zero-order valence-corrected chi connectivity index (χ0v) is 14.2. The first-order valence-electron chi connectivity index (χ1n) is 8.01. The molecule has 7 nitrogen and oxygen atoms in total. The van der Waals surface area contributed by atoms with Crippen molar-refractivity contribution in [3.63, 3.8) is 0 Å². The van der Waals surface area contributed by atoms with Crippen LogP contribution in [0.2, 0.25) is 0 Å². The topological polar surface area (TPSA) is 104 Å². The van der Waals surface area contributed by atoms with Gasteiger partial charge in [-0.1, -0.05) is 6.42 Å². The summed E-state index contributed by atoms with van der Waals surface area (Å²) in [4.78, 5) is 22.5. The molecule has 0 radical (unpaired) electrons. The van der Waals surface area contributed by atoms with Gasteiger partial charge in [0.15, 0.2) is 0 Å². The number of nitrogens with zero attached hydrogens (tertiary/aromatic N) is 1. The van der Waals surface area contributed by atoms with E-state index in [1.165, 1.54) is 28.6 Å². The monoisotopic (exact) mass is 354 g/mol. The van der Waals surface area contributed by atoms with Crippen LogP contribution in [0.5, 0.6) is 0 Å². The van der Waals surface area contributed by atoms with E-state index in [1.807, 2.05) is 0 Å². The van der Waals surface area contributed by atoms with E-state index >= 15 is 0 Å². The summed E-state index contributed by atoms with van der Waals surface area (Å²) in [6.07, 6.45) is 3.13. The SMILES string of the molecule is O=C(O)CCCNC(=O)c1ccc(S(=O)(=O)N2CCCCC2)cc1. The standard InChI is InChI=1S/C16H22N2O5S/c19-15(20)5-4-10-17-16(21)13-6-8-14(9-7-13)24(22,23)18-11-2-1-3-12-18/h6-9H,1-5,10-12H2,(H,17,21)(H,19,20). The van der Waals surface area contributed by atoms with Crippen LogP contribution in [0.4, 0.5) is 0 Å². The van der Waals surface area contributed by atoms with Crippen LogP contribution in [0.3, 0.4) is 0 Å². The number of nitrogens with one attached hydrogen (secondary N) is 1. The summed E-state index contributed by atoms with van der Waals surface area (Å²) in [5, 5.41) is 11.2. The third-order valence-electron chi connectivity index (χ3n) is 3.92. The van der Waals surface area contributed by atoms with E-state index in [9.17, 15) is 18.0 Å². The number of hydrogen-bond donors (Lipinski definition) is 2. The molecule has 1 fully saturated rings. The number of carboxylic acids is 1. The molecule has 132 valence electrons. The van der Waals surface area contributed by atoms with Crippen LogP contribution >= 0.6 is 0 Å². The summed E-state index contributed by atoms with van der Waals surface area (Å²) in [7, 11) is -3.50. The highest BCUT2D eigenvalue weighted by Crippen LogP contribution is 2.20. The van der Waals surface area contributed by atoms with E-state index < -0.39 is 16.0 Å². The zero-order chi connectivity index (χ0) is 17.6. The highest BCUT2D eigenvalue weighted by atomic mass is 32.2. The molecule has 0 aromatic heterocycles. The van der Waals surface area contributed by atoms with Gasteiger partial charge >= 0.3 is 5.97 Å². The van der Waals surface area contributed by atoms with E-state index in [1.54, 1.807) is 0 Å². The second kappa shape index (κ2) is 8.25. The molecule has 0 bridgehead atoms. The molecule has 1 aromatic carbocycles. The lowest BCUT2D eigenvalue weighted by Crippen LogP contribution is -2.35. The highest BCUT2D eigenvalue weighted by molar-refractivity contribution is 7.89. The van der Waals surface area contributed by atoms with Crippen molar-refractivity contribution in [2.45, 2.75) is 37.0 Å². The number of amides is 1. The second-order valence-electron chi connectivity index (χ2n) is 5.74. The van der Waals surface area contributed by atoms with Gasteiger partial charge in [-0.3, -0.25) is 9.59 Å². The summed E-state index contributed by atoms with van der Waals surface area (Å²) in [5.74, 6) is -1.25. The molecule has 8 heteroatoms. The number of carbonyl (C=O) groups excluding carboxylic acids is 1. The lowest BCUT2D eigenvalue weighted by atomic mass is 10.2. The second-order valence-corrected chi connectivity index (χ2v) is 7.68. The molecule has 0 unspecified atom stereocenters. The Balaban J connectivity index is 1.96. The summed E-state index contributed by atoms with van der Waals surface area (Å²) in [6, 6.07) is 5.83. The maximum Gasteiger partial charge on any atom is 0.303 e. The molecule has 0 saturated carbocycles. The smallest absolute Gasteiger partial charge is 0.303 e. The Morgan fingerprint density at radius 1 is 1.08 bits per heavy atom. The van der Waals surface area contributed by atoms with Gasteiger partial charge in [0.25, 0.3) is 5.91 Å². The fourth-order valence-electron chi connectivity index (χ4n) is 2.58. The fraction of sp³-hybridized carbons (Fsp3) is 0.500. The first-order valence-corrected chi connectivity index (χ1v) is 9.45. The van der Waals surface area contributed by atoms with Crippen molar-refractivity contribution < 1.29 is 23.1 Å². The number of carbonyl (C=O) groups is 2. The van der Waals surface area contributed by atoms with E-state index in [-0.39, 0.29) is 23.8 Å². The molecule has 0 atom stereocenters. The van der Waals surface area contributed by atoms with Crippen molar-refractivity contribution in [3.8, 4) is 0 Å². The maximum absolute atomic E-state index is 12.5. The summed E-state index contributed by atoms with van der Waals surface area (Å²) >= 11 is 0. The van der Waals surface area contributed by atoms with E-state index in [4.69, 9.17) is 5.11 Å². The minimum Gasteiger partial charge on any atom is -0.481 e. The number of hydrogen-bond acceptors (Lipinski definition) is 4. The van der Waals surface area contributed by atoms with Crippen molar-refractivity contribution in [1.82, 2.24) is 9.62 Å². The summed E-state index contributed by atoms with van der Waals surface area (Å²) in [6.45, 7) is 1.33. The molecule has 1 aromatic rings. The number of benzene rings is 1. The Morgan fingerprint density at radius 2 is 1.71 bits per heavy atom. The molecule has 0 aliphatic carbocycles. The van der Waals surface area contributed by atoms with Crippen molar-refractivity contribution >= 4 is 21.9 Å². The molecular formula is C16H22N2O5S. The number of aliphatic carboxylic acids is 1. The molecule has 1 heterocycles. The first-order chi connectivity index (χ1) is 11.4. The number of sulfonamides is 1. The largest absolute Gasteiger partial charge is 0.481 e. The van der Waals surface area contributed by atoms with Gasteiger partial charge in [-0.25, -0.2) is 8.42 Å². The number of piperidine rings is 1. The zero-order valence-electron chi connectivity index (χ0n) is 13.4. The summed E-state index contributed by atoms with van der Waals surface area (Å²) in [5.41, 5.74) is 0.350. The van der Waals surface area contributed by atoms with Crippen LogP contribution in [-0.2, 0) is 14.8 Å². The third-order valence-corrected chi connectivity index (χ3v) is 5.84. The molecule has 2 N–H and O–H groups in total. The Hall–Kier alpha value is -1.93. The average Bonchev–Trinajstić information content (AvgIpc) is 2.59. The van der Waals surface area contributed by atoms with E-state index in [0.717, 1.165) is 19.3 Å². The molecule has 24 heavy (non-hydrogen) atoms. The minimum atomic E-state index is -3.50. The Morgan fingerprint density at radius 3 is 2.29 bits per heavy atom. The molecule has 2 rings (SSSR count). The Bertz CT molecular complexity index is 679. The lowest BCUT2D eigenvalue weighted by Gasteiger charge is -2.25. The van der Waals surface area contributed by atoms with Crippen molar-refractivity contribution in [2.24, 2.45) is 0 Å². The first kappa shape index (κ1) is 18.4. The van der Waals surface area contributed by atoms with Gasteiger partial charge in [0, 0.05) is 31.6 Å². The van der Waals surface area contributed by atoms with E-state index in [0.29, 0.717) is 25.1 Å². The van der Waals surface area contributed by atoms with Gasteiger partial charge in [0.1, 0.15) is 0 Å². The van der Waals surface area contributed by atoms with Gasteiger partial charge in [-0.2, -0.15) is 4.31 Å². The third kappa shape index (κ3) is 4.78. The van der Waals surface area contributed by atoms with E-state index in [2.05, 4.69) is 5.32 Å².